The van der Waals surface area contributed by atoms with E-state index in [4.69, 9.17) is 0 Å². The van der Waals surface area contributed by atoms with E-state index in [0.29, 0.717) is 6.42 Å². The zero-order valence-corrected chi connectivity index (χ0v) is 16.5. The summed E-state index contributed by atoms with van der Waals surface area (Å²) >= 11 is 1.71. The highest BCUT2D eigenvalue weighted by molar-refractivity contribution is 7.18. The second-order valence-electron chi connectivity index (χ2n) is 6.78. The summed E-state index contributed by atoms with van der Waals surface area (Å²) in [6, 6.07) is 16.3. The second-order valence-corrected chi connectivity index (χ2v) is 7.89. The number of nitrogens with one attached hydrogen (secondary N) is 1. The van der Waals surface area contributed by atoms with Crippen LogP contribution in [0.4, 0.5) is 0 Å². The van der Waals surface area contributed by atoms with Crippen LogP contribution in [0.15, 0.2) is 67.3 Å². The quantitative estimate of drug-likeness (QED) is 0.498. The third-order valence-electron chi connectivity index (χ3n) is 4.71. The number of aromatic nitrogens is 3. The molecule has 1 N–H and O–H groups in total. The van der Waals surface area contributed by atoms with E-state index in [-0.39, 0.29) is 11.9 Å². The Hall–Kier alpha value is -2.99. The summed E-state index contributed by atoms with van der Waals surface area (Å²) in [6.45, 7) is 2.01. The van der Waals surface area contributed by atoms with Gasteiger partial charge in [-0.3, -0.25) is 4.79 Å². The number of benzene rings is 2. The number of rotatable bonds is 7. The number of para-hydroxylation sites is 1. The average molecular weight is 391 g/mol. The Bertz CT molecular complexity index is 1020. The van der Waals surface area contributed by atoms with Crippen LogP contribution in [0, 0.1) is 0 Å². The van der Waals surface area contributed by atoms with Crippen molar-refractivity contribution in [2.24, 2.45) is 0 Å². The molecule has 0 aliphatic heterocycles. The van der Waals surface area contributed by atoms with Crippen LogP contribution in [0.5, 0.6) is 0 Å². The lowest BCUT2D eigenvalue weighted by Crippen LogP contribution is -2.26. The minimum atomic E-state index is -0.0215. The SMILES string of the molecule is CC(NC(=O)CCCc1nc2ccccc2s1)c1ccc(-n2ccnc2)cc1. The van der Waals surface area contributed by atoms with Gasteiger partial charge in [0.1, 0.15) is 0 Å². The molecular weight excluding hydrogens is 368 g/mol. The molecule has 0 aliphatic rings. The van der Waals surface area contributed by atoms with E-state index in [1.54, 1.807) is 23.9 Å². The van der Waals surface area contributed by atoms with Crippen molar-refractivity contribution in [3.05, 3.63) is 77.8 Å². The predicted molar refractivity (Wildman–Crippen MR) is 113 cm³/mol. The van der Waals surface area contributed by atoms with Crippen LogP contribution in [0.25, 0.3) is 15.9 Å². The summed E-state index contributed by atoms with van der Waals surface area (Å²) in [5, 5.41) is 4.18. The van der Waals surface area contributed by atoms with E-state index in [1.165, 1.54) is 4.70 Å². The van der Waals surface area contributed by atoms with Gasteiger partial charge in [0, 0.05) is 24.5 Å². The minimum Gasteiger partial charge on any atom is -0.350 e. The van der Waals surface area contributed by atoms with Crippen molar-refractivity contribution in [1.29, 1.82) is 0 Å². The van der Waals surface area contributed by atoms with Gasteiger partial charge in [0.25, 0.3) is 0 Å². The van der Waals surface area contributed by atoms with Crippen molar-refractivity contribution in [2.45, 2.75) is 32.2 Å². The maximum Gasteiger partial charge on any atom is 0.220 e. The Morgan fingerprint density at radius 3 is 2.75 bits per heavy atom. The van der Waals surface area contributed by atoms with Crippen molar-refractivity contribution < 1.29 is 4.79 Å². The molecule has 2 aromatic heterocycles. The summed E-state index contributed by atoms with van der Waals surface area (Å²) in [4.78, 5) is 21.0. The van der Waals surface area contributed by atoms with Gasteiger partial charge in [-0.1, -0.05) is 24.3 Å². The summed E-state index contributed by atoms with van der Waals surface area (Å²) in [7, 11) is 0. The highest BCUT2D eigenvalue weighted by Crippen LogP contribution is 2.23. The molecule has 1 unspecified atom stereocenters. The first-order valence-electron chi connectivity index (χ1n) is 9.41. The fourth-order valence-corrected chi connectivity index (χ4v) is 4.18. The van der Waals surface area contributed by atoms with Gasteiger partial charge in [-0.15, -0.1) is 11.3 Å². The Labute approximate surface area is 168 Å². The predicted octanol–water partition coefficient (Wildman–Crippen LogP) is 4.68. The van der Waals surface area contributed by atoms with Crippen molar-refractivity contribution >= 4 is 27.5 Å². The maximum absolute atomic E-state index is 12.3. The molecule has 4 rings (SSSR count). The van der Waals surface area contributed by atoms with E-state index in [1.807, 2.05) is 60.2 Å². The lowest BCUT2D eigenvalue weighted by atomic mass is 10.1. The molecule has 0 aliphatic carbocycles. The van der Waals surface area contributed by atoms with Crippen molar-refractivity contribution in [3.8, 4) is 5.69 Å². The van der Waals surface area contributed by atoms with Crippen LogP contribution in [0.1, 0.15) is 36.4 Å². The smallest absolute Gasteiger partial charge is 0.220 e. The molecular formula is C22H22N4OS. The number of fused-ring (bicyclic) bond motifs is 1. The molecule has 0 fully saturated rings. The maximum atomic E-state index is 12.3. The lowest BCUT2D eigenvalue weighted by molar-refractivity contribution is -0.121. The van der Waals surface area contributed by atoms with Crippen LogP contribution >= 0.6 is 11.3 Å². The molecule has 0 spiro atoms. The number of imidazole rings is 1. The lowest BCUT2D eigenvalue weighted by Gasteiger charge is -2.15. The highest BCUT2D eigenvalue weighted by Gasteiger charge is 2.10. The van der Waals surface area contributed by atoms with Gasteiger partial charge in [-0.05, 0) is 49.6 Å². The van der Waals surface area contributed by atoms with Gasteiger partial charge in [-0.2, -0.15) is 0 Å². The monoisotopic (exact) mass is 390 g/mol. The zero-order chi connectivity index (χ0) is 19.3. The molecule has 28 heavy (non-hydrogen) atoms. The average Bonchev–Trinajstić information content (AvgIpc) is 3.37. The first-order valence-corrected chi connectivity index (χ1v) is 10.2. The Balaban J connectivity index is 1.27. The molecule has 0 bridgehead atoms. The third-order valence-corrected chi connectivity index (χ3v) is 5.80. The Kier molecular flexibility index (Phi) is 5.48. The summed E-state index contributed by atoms with van der Waals surface area (Å²) in [6.07, 6.45) is 7.58. The van der Waals surface area contributed by atoms with Crippen LogP contribution in [-0.2, 0) is 11.2 Å². The molecule has 1 atom stereocenters. The van der Waals surface area contributed by atoms with E-state index in [2.05, 4.69) is 21.4 Å². The topological polar surface area (TPSA) is 59.8 Å². The number of aryl methyl sites for hydroxylation is 1. The van der Waals surface area contributed by atoms with Crippen LogP contribution < -0.4 is 5.32 Å². The molecule has 5 nitrogen and oxygen atoms in total. The van der Waals surface area contributed by atoms with E-state index >= 15 is 0 Å². The van der Waals surface area contributed by atoms with Crippen molar-refractivity contribution in [1.82, 2.24) is 19.9 Å². The van der Waals surface area contributed by atoms with Crippen molar-refractivity contribution in [2.75, 3.05) is 0 Å². The third kappa shape index (κ3) is 4.28. The fourth-order valence-electron chi connectivity index (χ4n) is 3.17. The minimum absolute atomic E-state index is 0.0215. The van der Waals surface area contributed by atoms with E-state index in [0.717, 1.165) is 34.6 Å². The number of thiazole rings is 1. The van der Waals surface area contributed by atoms with Crippen molar-refractivity contribution in [3.63, 3.8) is 0 Å². The second kappa shape index (κ2) is 8.35. The number of hydrogen-bond donors (Lipinski definition) is 1. The molecule has 142 valence electrons. The largest absolute Gasteiger partial charge is 0.350 e. The number of hydrogen-bond acceptors (Lipinski definition) is 4. The molecule has 2 aromatic carbocycles. The molecule has 0 radical (unpaired) electrons. The molecule has 0 saturated carbocycles. The van der Waals surface area contributed by atoms with Gasteiger partial charge in [-0.25, -0.2) is 9.97 Å². The number of carbonyl (C=O) groups is 1. The molecule has 2 heterocycles. The van der Waals surface area contributed by atoms with Gasteiger partial charge in [0.05, 0.1) is 27.6 Å². The Morgan fingerprint density at radius 1 is 1.18 bits per heavy atom. The molecule has 6 heteroatoms. The molecule has 1 amide bonds. The fraction of sp³-hybridized carbons (Fsp3) is 0.227. The van der Waals surface area contributed by atoms with Gasteiger partial charge in [0.2, 0.25) is 5.91 Å². The van der Waals surface area contributed by atoms with Crippen LogP contribution in [0.2, 0.25) is 0 Å². The first-order chi connectivity index (χ1) is 13.7. The van der Waals surface area contributed by atoms with Crippen LogP contribution in [-0.4, -0.2) is 20.4 Å². The summed E-state index contributed by atoms with van der Waals surface area (Å²) in [5.74, 6) is 0.0762. The summed E-state index contributed by atoms with van der Waals surface area (Å²) < 4.78 is 3.16. The molecule has 0 saturated heterocycles. The Morgan fingerprint density at radius 2 is 2.00 bits per heavy atom. The van der Waals surface area contributed by atoms with Gasteiger partial charge in [0.15, 0.2) is 0 Å². The normalized spacial score (nSPS) is 12.2. The first kappa shape index (κ1) is 18.4. The zero-order valence-electron chi connectivity index (χ0n) is 15.7. The van der Waals surface area contributed by atoms with E-state index < -0.39 is 0 Å². The summed E-state index contributed by atoms with van der Waals surface area (Å²) in [5.41, 5.74) is 3.18. The van der Waals surface area contributed by atoms with Crippen LogP contribution in [0.3, 0.4) is 0 Å². The van der Waals surface area contributed by atoms with Gasteiger partial charge < -0.3 is 9.88 Å². The highest BCUT2D eigenvalue weighted by atomic mass is 32.1. The van der Waals surface area contributed by atoms with Gasteiger partial charge >= 0.3 is 0 Å². The number of amides is 1. The number of carbonyl (C=O) groups excluding carboxylic acids is 1. The standard InChI is InChI=1S/C22H22N4OS/c1-16(17-9-11-18(12-10-17)26-14-13-23-15-26)24-21(27)7-4-8-22-25-19-5-2-3-6-20(19)28-22/h2-3,5-6,9-16H,4,7-8H2,1H3,(H,24,27). The molecule has 4 aromatic rings. The number of nitrogens with zero attached hydrogens (tertiary/aromatic N) is 3. The van der Waals surface area contributed by atoms with E-state index in [9.17, 15) is 4.79 Å².